The van der Waals surface area contributed by atoms with Gasteiger partial charge in [-0.05, 0) is 50.1 Å². The Balaban J connectivity index is 1.64. The maximum atomic E-state index is 12.7. The normalized spacial score (nSPS) is 15.5. The van der Waals surface area contributed by atoms with Gasteiger partial charge in [0.1, 0.15) is 11.3 Å². The van der Waals surface area contributed by atoms with Gasteiger partial charge in [0.15, 0.2) is 6.10 Å². The zero-order valence-corrected chi connectivity index (χ0v) is 19.9. The van der Waals surface area contributed by atoms with Gasteiger partial charge in [-0.15, -0.1) is 0 Å². The fourth-order valence-corrected chi connectivity index (χ4v) is 5.06. The van der Waals surface area contributed by atoms with Gasteiger partial charge in [0.25, 0.3) is 5.91 Å². The number of carbonyl (C=O) groups is 2. The Bertz CT molecular complexity index is 1130. The number of nitrogens with one attached hydrogen (secondary N) is 1. The van der Waals surface area contributed by atoms with Crippen molar-refractivity contribution in [1.82, 2.24) is 4.31 Å². The number of benzene rings is 2. The molecule has 1 amide bonds. The summed E-state index contributed by atoms with van der Waals surface area (Å²) in [5.74, 6) is -1.23. The number of anilines is 2. The molecule has 1 atom stereocenters. The zero-order valence-electron chi connectivity index (χ0n) is 18.3. The summed E-state index contributed by atoms with van der Waals surface area (Å²) in [7, 11) is -2.20. The minimum absolute atomic E-state index is 0.0311. The molecule has 9 nitrogen and oxygen atoms in total. The molecule has 0 aliphatic carbocycles. The van der Waals surface area contributed by atoms with Crippen LogP contribution in [0, 0.1) is 0 Å². The van der Waals surface area contributed by atoms with E-state index < -0.39 is 28.0 Å². The minimum Gasteiger partial charge on any atom is -0.496 e. The fourth-order valence-electron chi connectivity index (χ4n) is 3.38. The maximum absolute atomic E-state index is 12.7. The first-order chi connectivity index (χ1) is 15.6. The van der Waals surface area contributed by atoms with Crippen LogP contribution in [0.15, 0.2) is 41.3 Å². The third-order valence-corrected chi connectivity index (χ3v) is 7.51. The van der Waals surface area contributed by atoms with E-state index in [9.17, 15) is 18.0 Å². The van der Waals surface area contributed by atoms with Crippen LogP contribution in [0.25, 0.3) is 0 Å². The number of sulfonamides is 1. The van der Waals surface area contributed by atoms with E-state index in [0.29, 0.717) is 18.8 Å². The van der Waals surface area contributed by atoms with Crippen LogP contribution < -0.4 is 15.8 Å². The number of amides is 1. The number of rotatable bonds is 7. The van der Waals surface area contributed by atoms with Gasteiger partial charge in [-0.3, -0.25) is 4.79 Å². The van der Waals surface area contributed by atoms with Gasteiger partial charge in [-0.1, -0.05) is 18.0 Å². The largest absolute Gasteiger partial charge is 0.496 e. The number of hydrogen-bond acceptors (Lipinski definition) is 7. The molecule has 0 radical (unpaired) electrons. The summed E-state index contributed by atoms with van der Waals surface area (Å²) in [6.07, 6.45) is 1.57. The highest BCUT2D eigenvalue weighted by molar-refractivity contribution is 7.89. The summed E-state index contributed by atoms with van der Waals surface area (Å²) in [6, 6.07) is 8.57. The lowest BCUT2D eigenvalue weighted by atomic mass is 10.2. The zero-order chi connectivity index (χ0) is 24.2. The molecule has 3 rings (SSSR count). The van der Waals surface area contributed by atoms with Crippen LogP contribution in [-0.2, 0) is 19.6 Å². The molecule has 178 valence electrons. The SMILES string of the molecule is COc1cc(N)c(Cl)cc1C(=O)O[C@H](C)C(=O)Nc1ccc(S(=O)(=O)N2CCCCC2)cc1. The quantitative estimate of drug-likeness (QED) is 0.445. The summed E-state index contributed by atoms with van der Waals surface area (Å²) in [6.45, 7) is 2.43. The van der Waals surface area contributed by atoms with Crippen molar-refractivity contribution >= 4 is 44.9 Å². The molecule has 0 saturated carbocycles. The van der Waals surface area contributed by atoms with Crippen molar-refractivity contribution in [3.8, 4) is 5.75 Å². The van der Waals surface area contributed by atoms with Crippen LogP contribution in [-0.4, -0.2) is 50.9 Å². The van der Waals surface area contributed by atoms with Gasteiger partial charge in [-0.2, -0.15) is 4.31 Å². The molecule has 1 aliphatic heterocycles. The topological polar surface area (TPSA) is 128 Å². The maximum Gasteiger partial charge on any atom is 0.342 e. The molecule has 2 aromatic carbocycles. The van der Waals surface area contributed by atoms with E-state index in [1.54, 1.807) is 0 Å². The van der Waals surface area contributed by atoms with E-state index in [2.05, 4.69) is 5.32 Å². The number of nitrogen functional groups attached to an aromatic ring is 1. The predicted octanol–water partition coefficient (Wildman–Crippen LogP) is 3.29. The van der Waals surface area contributed by atoms with Crippen molar-refractivity contribution in [2.75, 3.05) is 31.2 Å². The van der Waals surface area contributed by atoms with Crippen LogP contribution in [0.4, 0.5) is 11.4 Å². The summed E-state index contributed by atoms with van der Waals surface area (Å²) >= 11 is 5.97. The van der Waals surface area contributed by atoms with Gasteiger partial charge in [0.2, 0.25) is 10.0 Å². The summed E-state index contributed by atoms with van der Waals surface area (Å²) in [5.41, 5.74) is 6.35. The number of esters is 1. The Morgan fingerprint density at radius 3 is 2.36 bits per heavy atom. The highest BCUT2D eigenvalue weighted by atomic mass is 35.5. The molecule has 2 aromatic rings. The lowest BCUT2D eigenvalue weighted by Gasteiger charge is -2.25. The first kappa shape index (κ1) is 24.8. The average Bonchev–Trinajstić information content (AvgIpc) is 2.81. The van der Waals surface area contributed by atoms with Crippen LogP contribution in [0.2, 0.25) is 5.02 Å². The molecule has 11 heteroatoms. The predicted molar refractivity (Wildman–Crippen MR) is 125 cm³/mol. The molecule has 0 spiro atoms. The van der Waals surface area contributed by atoms with Crippen LogP contribution in [0.5, 0.6) is 5.75 Å². The van der Waals surface area contributed by atoms with E-state index in [1.165, 1.54) is 54.7 Å². The second-order valence-electron chi connectivity index (χ2n) is 7.60. The summed E-state index contributed by atoms with van der Waals surface area (Å²) in [5, 5.41) is 2.76. The number of nitrogens with two attached hydrogens (primary N) is 1. The molecule has 1 fully saturated rings. The highest BCUT2D eigenvalue weighted by Gasteiger charge is 2.26. The Kier molecular flexibility index (Phi) is 7.83. The van der Waals surface area contributed by atoms with E-state index >= 15 is 0 Å². The van der Waals surface area contributed by atoms with Gasteiger partial charge in [-0.25, -0.2) is 13.2 Å². The smallest absolute Gasteiger partial charge is 0.342 e. The van der Waals surface area contributed by atoms with Crippen molar-refractivity contribution in [2.24, 2.45) is 0 Å². The lowest BCUT2D eigenvalue weighted by molar-refractivity contribution is -0.123. The Hall–Kier alpha value is -2.82. The summed E-state index contributed by atoms with van der Waals surface area (Å²) < 4.78 is 37.3. The molecule has 33 heavy (non-hydrogen) atoms. The number of hydrogen-bond donors (Lipinski definition) is 2. The van der Waals surface area contributed by atoms with Gasteiger partial charge in [0.05, 0.1) is 22.7 Å². The Morgan fingerprint density at radius 2 is 1.76 bits per heavy atom. The van der Waals surface area contributed by atoms with Crippen molar-refractivity contribution in [3.05, 3.63) is 47.0 Å². The molecular weight excluding hydrogens is 470 g/mol. The van der Waals surface area contributed by atoms with E-state index in [-0.39, 0.29) is 26.9 Å². The second kappa shape index (κ2) is 10.4. The van der Waals surface area contributed by atoms with Crippen LogP contribution >= 0.6 is 11.6 Å². The number of methoxy groups -OCH3 is 1. The number of carbonyl (C=O) groups excluding carboxylic acids is 2. The monoisotopic (exact) mass is 495 g/mol. The highest BCUT2D eigenvalue weighted by Crippen LogP contribution is 2.29. The van der Waals surface area contributed by atoms with Crippen molar-refractivity contribution in [3.63, 3.8) is 0 Å². The Labute approximate surface area is 197 Å². The van der Waals surface area contributed by atoms with E-state index in [1.807, 2.05) is 0 Å². The van der Waals surface area contributed by atoms with Crippen LogP contribution in [0.3, 0.4) is 0 Å². The molecule has 0 unspecified atom stereocenters. The molecule has 1 saturated heterocycles. The standard InChI is InChI=1S/C22H26ClN3O6S/c1-14(32-22(28)17-12-18(23)19(24)13-20(17)31-2)21(27)25-15-6-8-16(9-7-15)33(29,30)26-10-4-3-5-11-26/h6-9,12-14H,3-5,10-11,24H2,1-2H3,(H,25,27)/t14-/m1/s1. The molecule has 0 aromatic heterocycles. The third-order valence-electron chi connectivity index (χ3n) is 5.27. The van der Waals surface area contributed by atoms with Crippen molar-refractivity contribution in [1.29, 1.82) is 0 Å². The van der Waals surface area contributed by atoms with Crippen molar-refractivity contribution < 1.29 is 27.5 Å². The van der Waals surface area contributed by atoms with E-state index in [4.69, 9.17) is 26.8 Å². The molecule has 0 bridgehead atoms. The Morgan fingerprint density at radius 1 is 1.12 bits per heavy atom. The molecule has 1 heterocycles. The fraction of sp³-hybridized carbons (Fsp3) is 0.364. The molecular formula is C22H26ClN3O6S. The number of piperidine rings is 1. The number of nitrogens with zero attached hydrogens (tertiary/aromatic N) is 1. The number of halogens is 1. The van der Waals surface area contributed by atoms with Gasteiger partial charge in [0, 0.05) is 24.8 Å². The average molecular weight is 496 g/mol. The number of ether oxygens (including phenoxy) is 2. The second-order valence-corrected chi connectivity index (χ2v) is 9.95. The first-order valence-electron chi connectivity index (χ1n) is 10.4. The van der Waals surface area contributed by atoms with E-state index in [0.717, 1.165) is 19.3 Å². The van der Waals surface area contributed by atoms with Crippen molar-refractivity contribution in [2.45, 2.75) is 37.2 Å². The van der Waals surface area contributed by atoms with Crippen LogP contribution in [0.1, 0.15) is 36.5 Å². The summed E-state index contributed by atoms with van der Waals surface area (Å²) in [4.78, 5) is 25.2. The lowest BCUT2D eigenvalue weighted by Crippen LogP contribution is -2.35. The third kappa shape index (κ3) is 5.76. The minimum atomic E-state index is -3.56. The molecule has 1 aliphatic rings. The van der Waals surface area contributed by atoms with Gasteiger partial charge < -0.3 is 20.5 Å². The first-order valence-corrected chi connectivity index (χ1v) is 12.2. The molecule has 3 N–H and O–H groups in total. The van der Waals surface area contributed by atoms with Gasteiger partial charge >= 0.3 is 5.97 Å².